The molecule has 2 N–H and O–H groups in total. The van der Waals surface area contributed by atoms with E-state index in [-0.39, 0.29) is 11.6 Å². The van der Waals surface area contributed by atoms with E-state index in [0.717, 1.165) is 0 Å². The van der Waals surface area contributed by atoms with Crippen LogP contribution in [0.5, 0.6) is 0 Å². The molecular weight excluding hydrogens is 323 g/mol. The SMILES string of the molecule is CC(C)c1[nH]nc(C(=O)NCC(F)(F)F)c1S(=O)(=O)Cl. The Morgan fingerprint density at radius 3 is 2.40 bits per heavy atom. The predicted molar refractivity (Wildman–Crippen MR) is 64.1 cm³/mol. The molecule has 1 aromatic heterocycles. The van der Waals surface area contributed by atoms with Gasteiger partial charge in [-0.1, -0.05) is 13.8 Å². The molecular formula is C9H11ClF3N3O3S. The Morgan fingerprint density at radius 1 is 1.45 bits per heavy atom. The zero-order chi connectivity index (χ0) is 15.7. The van der Waals surface area contributed by atoms with Crippen molar-refractivity contribution in [3.05, 3.63) is 11.4 Å². The highest BCUT2D eigenvalue weighted by atomic mass is 35.7. The number of amides is 1. The van der Waals surface area contributed by atoms with E-state index in [1.54, 1.807) is 13.8 Å². The van der Waals surface area contributed by atoms with Crippen molar-refractivity contribution in [2.75, 3.05) is 6.54 Å². The number of carbonyl (C=O) groups excluding carboxylic acids is 1. The summed E-state index contributed by atoms with van der Waals surface area (Å²) in [7, 11) is 0.870. The van der Waals surface area contributed by atoms with Gasteiger partial charge < -0.3 is 5.32 Å². The van der Waals surface area contributed by atoms with Crippen molar-refractivity contribution < 1.29 is 26.4 Å². The Labute approximate surface area is 117 Å². The number of alkyl halides is 3. The minimum Gasteiger partial charge on any atom is -0.341 e. The van der Waals surface area contributed by atoms with Crippen LogP contribution in [-0.4, -0.2) is 37.2 Å². The average Bonchev–Trinajstić information content (AvgIpc) is 2.68. The lowest BCUT2D eigenvalue weighted by atomic mass is 10.1. The Morgan fingerprint density at radius 2 is 2.00 bits per heavy atom. The highest BCUT2D eigenvalue weighted by Gasteiger charge is 2.32. The molecule has 0 aromatic carbocycles. The highest BCUT2D eigenvalue weighted by Crippen LogP contribution is 2.27. The number of H-pyrrole nitrogens is 1. The van der Waals surface area contributed by atoms with Crippen LogP contribution >= 0.6 is 10.7 Å². The number of aromatic nitrogens is 2. The van der Waals surface area contributed by atoms with Gasteiger partial charge in [0.1, 0.15) is 11.4 Å². The summed E-state index contributed by atoms with van der Waals surface area (Å²) in [5.41, 5.74) is -0.634. The van der Waals surface area contributed by atoms with E-state index in [9.17, 15) is 26.4 Å². The van der Waals surface area contributed by atoms with Crippen molar-refractivity contribution in [2.24, 2.45) is 0 Å². The van der Waals surface area contributed by atoms with E-state index in [1.807, 2.05) is 0 Å². The maximum Gasteiger partial charge on any atom is 0.405 e. The average molecular weight is 334 g/mol. The largest absolute Gasteiger partial charge is 0.405 e. The molecule has 0 aliphatic heterocycles. The number of nitrogens with one attached hydrogen (secondary N) is 2. The maximum atomic E-state index is 12.0. The van der Waals surface area contributed by atoms with E-state index in [0.29, 0.717) is 0 Å². The second-order valence-electron chi connectivity index (χ2n) is 4.21. The van der Waals surface area contributed by atoms with Gasteiger partial charge in [0.2, 0.25) is 0 Å². The van der Waals surface area contributed by atoms with Crippen LogP contribution in [0.1, 0.15) is 35.9 Å². The number of hydrogen-bond acceptors (Lipinski definition) is 4. The molecule has 114 valence electrons. The van der Waals surface area contributed by atoms with Gasteiger partial charge in [0.15, 0.2) is 5.69 Å². The van der Waals surface area contributed by atoms with Gasteiger partial charge in [-0.15, -0.1) is 0 Å². The van der Waals surface area contributed by atoms with Gasteiger partial charge >= 0.3 is 6.18 Å². The second-order valence-corrected chi connectivity index (χ2v) is 6.71. The molecule has 1 amide bonds. The number of aromatic amines is 1. The third-order valence-electron chi connectivity index (χ3n) is 2.23. The van der Waals surface area contributed by atoms with Gasteiger partial charge in [-0.2, -0.15) is 18.3 Å². The molecule has 1 heterocycles. The van der Waals surface area contributed by atoms with Crippen LogP contribution in [0.25, 0.3) is 0 Å². The first-order valence-corrected chi connectivity index (χ1v) is 7.62. The van der Waals surface area contributed by atoms with E-state index < -0.39 is 38.3 Å². The standard InChI is InChI=1S/C9H11ClF3N3O3S/c1-4(2)5-7(20(10,18)19)6(16-15-5)8(17)14-3-9(11,12)13/h4H,3H2,1-2H3,(H,14,17)(H,15,16). The van der Waals surface area contributed by atoms with E-state index in [2.05, 4.69) is 10.2 Å². The Balaban J connectivity index is 3.17. The molecule has 1 rings (SSSR count). The van der Waals surface area contributed by atoms with Gasteiger partial charge in [0.05, 0.1) is 5.69 Å². The summed E-state index contributed by atoms with van der Waals surface area (Å²) in [6.07, 6.45) is -4.62. The van der Waals surface area contributed by atoms with E-state index in [4.69, 9.17) is 10.7 Å². The molecule has 0 unspecified atom stereocenters. The summed E-state index contributed by atoms with van der Waals surface area (Å²) < 4.78 is 58.9. The number of rotatable bonds is 4. The first-order chi connectivity index (χ1) is 8.93. The van der Waals surface area contributed by atoms with Crippen LogP contribution in [0.15, 0.2) is 4.90 Å². The number of hydrogen-bond donors (Lipinski definition) is 2. The molecule has 0 aliphatic rings. The Bertz CT molecular complexity index is 610. The zero-order valence-corrected chi connectivity index (χ0v) is 11.9. The Hall–Kier alpha value is -1.29. The van der Waals surface area contributed by atoms with Crippen molar-refractivity contribution >= 4 is 25.6 Å². The minimum atomic E-state index is -4.62. The molecule has 0 fully saturated rings. The summed E-state index contributed by atoms with van der Waals surface area (Å²) in [6, 6.07) is 0. The van der Waals surface area contributed by atoms with Crippen molar-refractivity contribution in [3.8, 4) is 0 Å². The van der Waals surface area contributed by atoms with Crippen LogP contribution in [0.4, 0.5) is 13.2 Å². The summed E-state index contributed by atoms with van der Waals surface area (Å²) in [6.45, 7) is 1.62. The van der Waals surface area contributed by atoms with Gasteiger partial charge in [0.25, 0.3) is 15.0 Å². The van der Waals surface area contributed by atoms with E-state index >= 15 is 0 Å². The van der Waals surface area contributed by atoms with Crippen LogP contribution < -0.4 is 5.32 Å². The van der Waals surface area contributed by atoms with Crippen molar-refractivity contribution in [1.29, 1.82) is 0 Å². The third-order valence-corrected chi connectivity index (χ3v) is 3.60. The predicted octanol–water partition coefficient (Wildman–Crippen LogP) is 1.75. The topological polar surface area (TPSA) is 91.9 Å². The lowest BCUT2D eigenvalue weighted by Gasteiger charge is -2.08. The molecule has 0 atom stereocenters. The van der Waals surface area contributed by atoms with Gasteiger partial charge in [-0.25, -0.2) is 8.42 Å². The zero-order valence-electron chi connectivity index (χ0n) is 10.4. The lowest BCUT2D eigenvalue weighted by molar-refractivity contribution is -0.123. The molecule has 0 bridgehead atoms. The molecule has 0 saturated carbocycles. The number of halogens is 4. The minimum absolute atomic E-state index is 0.0529. The van der Waals surface area contributed by atoms with Crippen LogP contribution in [0.2, 0.25) is 0 Å². The lowest BCUT2D eigenvalue weighted by Crippen LogP contribution is -2.34. The third kappa shape index (κ3) is 4.10. The fourth-order valence-electron chi connectivity index (χ4n) is 1.40. The van der Waals surface area contributed by atoms with Crippen LogP contribution in [0.3, 0.4) is 0 Å². The smallest absolute Gasteiger partial charge is 0.341 e. The monoisotopic (exact) mass is 333 g/mol. The van der Waals surface area contributed by atoms with Crippen molar-refractivity contribution in [1.82, 2.24) is 15.5 Å². The number of nitrogens with zero attached hydrogens (tertiary/aromatic N) is 1. The summed E-state index contributed by atoms with van der Waals surface area (Å²) in [5, 5.41) is 7.27. The molecule has 11 heteroatoms. The summed E-state index contributed by atoms with van der Waals surface area (Å²) >= 11 is 0. The fraction of sp³-hybridized carbons (Fsp3) is 0.556. The van der Waals surface area contributed by atoms with Gasteiger partial charge in [-0.05, 0) is 5.92 Å². The van der Waals surface area contributed by atoms with Crippen molar-refractivity contribution in [2.45, 2.75) is 30.8 Å². The van der Waals surface area contributed by atoms with Crippen LogP contribution in [-0.2, 0) is 9.05 Å². The molecule has 6 nitrogen and oxygen atoms in total. The summed E-state index contributed by atoms with van der Waals surface area (Å²) in [5.74, 6) is -1.64. The molecule has 20 heavy (non-hydrogen) atoms. The van der Waals surface area contributed by atoms with Crippen LogP contribution in [0, 0.1) is 0 Å². The van der Waals surface area contributed by atoms with Crippen molar-refractivity contribution in [3.63, 3.8) is 0 Å². The molecule has 1 aromatic rings. The molecule has 0 aliphatic carbocycles. The van der Waals surface area contributed by atoms with Gasteiger partial charge in [-0.3, -0.25) is 9.89 Å². The second kappa shape index (κ2) is 5.60. The quantitative estimate of drug-likeness (QED) is 0.821. The Kier molecular flexibility index (Phi) is 4.70. The summed E-state index contributed by atoms with van der Waals surface area (Å²) in [4.78, 5) is 11.0. The maximum absolute atomic E-state index is 12.0. The molecule has 0 radical (unpaired) electrons. The fourth-order valence-corrected chi connectivity index (χ4v) is 2.78. The molecule has 0 spiro atoms. The van der Waals surface area contributed by atoms with Gasteiger partial charge in [0, 0.05) is 10.7 Å². The first-order valence-electron chi connectivity index (χ1n) is 5.31. The first kappa shape index (κ1) is 16.8. The highest BCUT2D eigenvalue weighted by molar-refractivity contribution is 8.13. The number of carbonyl (C=O) groups is 1. The molecule has 0 saturated heterocycles. The normalized spacial score (nSPS) is 12.8. The van der Waals surface area contributed by atoms with E-state index in [1.165, 1.54) is 5.32 Å².